The smallest absolute Gasteiger partial charge is 0.225 e. The highest BCUT2D eigenvalue weighted by Crippen LogP contribution is 2.27. The minimum Gasteiger partial charge on any atom is -0.354 e. The van der Waals surface area contributed by atoms with E-state index in [0.29, 0.717) is 12.0 Å². The number of aromatic nitrogens is 2. The second-order valence-electron chi connectivity index (χ2n) is 4.96. The fourth-order valence-corrected chi connectivity index (χ4v) is 2.41. The van der Waals surface area contributed by atoms with Crippen LogP contribution in [0.15, 0.2) is 24.3 Å². The van der Waals surface area contributed by atoms with Gasteiger partial charge < -0.3 is 10.2 Å². The van der Waals surface area contributed by atoms with Gasteiger partial charge in [-0.2, -0.15) is 4.98 Å². The molecule has 4 heteroatoms. The Labute approximate surface area is 121 Å². The normalized spacial score (nSPS) is 12.4. The second-order valence-corrected chi connectivity index (χ2v) is 4.96. The van der Waals surface area contributed by atoms with Crippen LogP contribution in [0.4, 0.5) is 11.8 Å². The van der Waals surface area contributed by atoms with E-state index in [9.17, 15) is 0 Å². The summed E-state index contributed by atoms with van der Waals surface area (Å²) >= 11 is 0. The molecule has 0 amide bonds. The molecule has 2 aromatic rings. The monoisotopic (exact) mass is 272 g/mol. The molecule has 20 heavy (non-hydrogen) atoms. The summed E-state index contributed by atoms with van der Waals surface area (Å²) in [5.41, 5.74) is 0.996. The van der Waals surface area contributed by atoms with Crippen LogP contribution in [0.5, 0.6) is 0 Å². The summed E-state index contributed by atoms with van der Waals surface area (Å²) in [6.45, 7) is 10.5. The molecule has 0 saturated heterocycles. The zero-order valence-corrected chi connectivity index (χ0v) is 12.8. The summed E-state index contributed by atoms with van der Waals surface area (Å²) in [6, 6.07) is 8.69. The number of fused-ring (bicyclic) bond motifs is 1. The van der Waals surface area contributed by atoms with Crippen molar-refractivity contribution in [3.63, 3.8) is 0 Å². The van der Waals surface area contributed by atoms with Crippen LogP contribution in [0.2, 0.25) is 0 Å². The van der Waals surface area contributed by atoms with Gasteiger partial charge in [0.2, 0.25) is 5.95 Å². The largest absolute Gasteiger partial charge is 0.354 e. The molecule has 108 valence electrons. The van der Waals surface area contributed by atoms with E-state index in [-0.39, 0.29) is 0 Å². The SMILES string of the molecule is CCNc1nc(N(CC)C(C)CC)c2ccccc2n1. The first kappa shape index (κ1) is 14.6. The highest BCUT2D eigenvalue weighted by atomic mass is 15.2. The van der Waals surface area contributed by atoms with Gasteiger partial charge in [0.1, 0.15) is 5.82 Å². The zero-order valence-electron chi connectivity index (χ0n) is 12.8. The highest BCUT2D eigenvalue weighted by molar-refractivity contribution is 5.90. The molecular weight excluding hydrogens is 248 g/mol. The van der Waals surface area contributed by atoms with E-state index in [1.807, 2.05) is 18.2 Å². The van der Waals surface area contributed by atoms with Crippen LogP contribution in [-0.2, 0) is 0 Å². The van der Waals surface area contributed by atoms with E-state index >= 15 is 0 Å². The van der Waals surface area contributed by atoms with Crippen molar-refractivity contribution in [3.8, 4) is 0 Å². The van der Waals surface area contributed by atoms with Gasteiger partial charge in [-0.3, -0.25) is 0 Å². The Balaban J connectivity index is 2.58. The van der Waals surface area contributed by atoms with Gasteiger partial charge in [0.25, 0.3) is 0 Å². The first-order chi connectivity index (χ1) is 9.71. The number of hydrogen-bond acceptors (Lipinski definition) is 4. The number of benzene rings is 1. The molecule has 1 aromatic heterocycles. The molecule has 0 aliphatic carbocycles. The van der Waals surface area contributed by atoms with Crippen molar-refractivity contribution in [3.05, 3.63) is 24.3 Å². The van der Waals surface area contributed by atoms with Crippen molar-refractivity contribution < 1.29 is 0 Å². The lowest BCUT2D eigenvalue weighted by Crippen LogP contribution is -2.33. The molecule has 0 bridgehead atoms. The van der Waals surface area contributed by atoms with Gasteiger partial charge in [0.05, 0.1) is 5.52 Å². The molecule has 0 saturated carbocycles. The summed E-state index contributed by atoms with van der Waals surface area (Å²) < 4.78 is 0. The number of para-hydroxylation sites is 1. The van der Waals surface area contributed by atoms with Crippen LogP contribution in [0.25, 0.3) is 10.9 Å². The Hall–Kier alpha value is -1.84. The standard InChI is InChI=1S/C16H24N4/c1-5-12(4)20(7-3)15-13-10-8-9-11-14(13)18-16(19-15)17-6-2/h8-12H,5-7H2,1-4H3,(H,17,18,19). The third kappa shape index (κ3) is 2.84. The molecule has 0 spiro atoms. The Bertz CT molecular complexity index is 567. The number of hydrogen-bond donors (Lipinski definition) is 1. The van der Waals surface area contributed by atoms with Crippen molar-refractivity contribution in [2.24, 2.45) is 0 Å². The zero-order chi connectivity index (χ0) is 14.5. The summed E-state index contributed by atoms with van der Waals surface area (Å²) in [5, 5.41) is 4.35. The van der Waals surface area contributed by atoms with Gasteiger partial charge in [-0.05, 0) is 39.3 Å². The number of nitrogens with zero attached hydrogens (tertiary/aromatic N) is 3. The van der Waals surface area contributed by atoms with Gasteiger partial charge in [0.15, 0.2) is 0 Å². The minimum atomic E-state index is 0.466. The Morgan fingerprint density at radius 2 is 1.90 bits per heavy atom. The Morgan fingerprint density at radius 3 is 2.55 bits per heavy atom. The predicted molar refractivity (Wildman–Crippen MR) is 86.5 cm³/mol. The molecule has 1 heterocycles. The van der Waals surface area contributed by atoms with Crippen LogP contribution in [0.3, 0.4) is 0 Å². The summed E-state index contributed by atoms with van der Waals surface area (Å²) in [7, 11) is 0. The maximum atomic E-state index is 4.73. The van der Waals surface area contributed by atoms with Crippen LogP contribution >= 0.6 is 0 Å². The van der Waals surface area contributed by atoms with E-state index in [1.54, 1.807) is 0 Å². The van der Waals surface area contributed by atoms with E-state index in [1.165, 1.54) is 0 Å². The van der Waals surface area contributed by atoms with Crippen molar-refractivity contribution in [2.75, 3.05) is 23.3 Å². The number of rotatable bonds is 6. The maximum Gasteiger partial charge on any atom is 0.225 e. The van der Waals surface area contributed by atoms with E-state index in [4.69, 9.17) is 4.98 Å². The first-order valence-corrected chi connectivity index (χ1v) is 7.48. The maximum absolute atomic E-state index is 4.73. The molecule has 1 unspecified atom stereocenters. The van der Waals surface area contributed by atoms with E-state index < -0.39 is 0 Å². The third-order valence-corrected chi connectivity index (χ3v) is 3.65. The van der Waals surface area contributed by atoms with Crippen LogP contribution in [-0.4, -0.2) is 29.1 Å². The summed E-state index contributed by atoms with van der Waals surface area (Å²) in [4.78, 5) is 11.7. The van der Waals surface area contributed by atoms with Crippen LogP contribution in [0, 0.1) is 0 Å². The predicted octanol–water partition coefficient (Wildman–Crippen LogP) is 3.69. The molecule has 0 radical (unpaired) electrons. The average Bonchev–Trinajstić information content (AvgIpc) is 2.48. The lowest BCUT2D eigenvalue weighted by Gasteiger charge is -2.29. The molecule has 4 nitrogen and oxygen atoms in total. The lowest BCUT2D eigenvalue weighted by molar-refractivity contribution is 0.625. The van der Waals surface area contributed by atoms with Crippen molar-refractivity contribution >= 4 is 22.7 Å². The van der Waals surface area contributed by atoms with Crippen molar-refractivity contribution in [1.29, 1.82) is 0 Å². The second kappa shape index (κ2) is 6.55. The molecule has 0 aliphatic rings. The number of nitrogens with one attached hydrogen (secondary N) is 1. The fourth-order valence-electron chi connectivity index (χ4n) is 2.41. The fraction of sp³-hybridized carbons (Fsp3) is 0.500. The molecule has 1 aromatic carbocycles. The van der Waals surface area contributed by atoms with Gasteiger partial charge in [-0.15, -0.1) is 0 Å². The van der Waals surface area contributed by atoms with Gasteiger partial charge in [0, 0.05) is 24.5 Å². The molecule has 1 N–H and O–H groups in total. The van der Waals surface area contributed by atoms with E-state index in [0.717, 1.165) is 36.2 Å². The Kier molecular flexibility index (Phi) is 4.77. The molecule has 2 rings (SSSR count). The van der Waals surface area contributed by atoms with E-state index in [2.05, 4.69) is 49.0 Å². The molecule has 0 aliphatic heterocycles. The minimum absolute atomic E-state index is 0.466. The first-order valence-electron chi connectivity index (χ1n) is 7.48. The summed E-state index contributed by atoms with van der Waals surface area (Å²) in [5.74, 6) is 1.74. The van der Waals surface area contributed by atoms with Crippen molar-refractivity contribution in [1.82, 2.24) is 9.97 Å². The van der Waals surface area contributed by atoms with Gasteiger partial charge in [-0.25, -0.2) is 4.98 Å². The third-order valence-electron chi connectivity index (χ3n) is 3.65. The van der Waals surface area contributed by atoms with Crippen LogP contribution in [0.1, 0.15) is 34.1 Å². The average molecular weight is 272 g/mol. The van der Waals surface area contributed by atoms with Gasteiger partial charge >= 0.3 is 0 Å². The Morgan fingerprint density at radius 1 is 1.15 bits per heavy atom. The van der Waals surface area contributed by atoms with Crippen LogP contribution < -0.4 is 10.2 Å². The summed E-state index contributed by atoms with van der Waals surface area (Å²) in [6.07, 6.45) is 1.10. The van der Waals surface area contributed by atoms with Gasteiger partial charge in [-0.1, -0.05) is 19.1 Å². The van der Waals surface area contributed by atoms with Crippen molar-refractivity contribution in [2.45, 2.75) is 40.2 Å². The quantitative estimate of drug-likeness (QED) is 0.870. The number of anilines is 2. The highest BCUT2D eigenvalue weighted by Gasteiger charge is 2.17. The lowest BCUT2D eigenvalue weighted by atomic mass is 10.1. The molecular formula is C16H24N4. The topological polar surface area (TPSA) is 41.1 Å². The molecule has 0 fully saturated rings. The molecule has 1 atom stereocenters.